The highest BCUT2D eigenvalue weighted by atomic mass is 32.1. The van der Waals surface area contributed by atoms with Crippen molar-refractivity contribution >= 4 is 28.7 Å². The Morgan fingerprint density at radius 1 is 1.46 bits per heavy atom. The topological polar surface area (TPSA) is 24.1 Å². The van der Waals surface area contributed by atoms with Gasteiger partial charge in [0.15, 0.2) is 5.11 Å². The van der Waals surface area contributed by atoms with Gasteiger partial charge in [0.2, 0.25) is 0 Å². The van der Waals surface area contributed by atoms with Crippen molar-refractivity contribution in [3.63, 3.8) is 0 Å². The second-order valence-corrected chi connectivity index (χ2v) is 3.94. The fraction of sp³-hybridized carbons (Fsp3) is 0.444. The molecule has 72 valence electrons. The molecule has 1 rings (SSSR count). The molecule has 2 N–H and O–H groups in total. The lowest BCUT2D eigenvalue weighted by Crippen LogP contribution is -2.34. The second kappa shape index (κ2) is 5.19. The van der Waals surface area contributed by atoms with Gasteiger partial charge in [-0.2, -0.15) is 11.3 Å². The van der Waals surface area contributed by atoms with E-state index in [1.807, 2.05) is 6.92 Å². The predicted molar refractivity (Wildman–Crippen MR) is 62.2 cm³/mol. The van der Waals surface area contributed by atoms with Crippen LogP contribution in [0.25, 0.3) is 0 Å². The maximum Gasteiger partial charge on any atom is 0.166 e. The Morgan fingerprint density at radius 2 is 2.23 bits per heavy atom. The van der Waals surface area contributed by atoms with Crippen molar-refractivity contribution in [1.82, 2.24) is 10.6 Å². The maximum absolute atomic E-state index is 5.05. The molecular weight excluding hydrogens is 200 g/mol. The minimum Gasteiger partial charge on any atom is -0.363 e. The fourth-order valence-corrected chi connectivity index (χ4v) is 2.04. The van der Waals surface area contributed by atoms with Gasteiger partial charge in [-0.3, -0.25) is 0 Å². The van der Waals surface area contributed by atoms with Gasteiger partial charge in [0.05, 0.1) is 0 Å². The van der Waals surface area contributed by atoms with E-state index in [-0.39, 0.29) is 0 Å². The van der Waals surface area contributed by atoms with E-state index in [0.717, 1.165) is 18.2 Å². The molecule has 0 spiro atoms. The van der Waals surface area contributed by atoms with E-state index in [1.54, 1.807) is 11.3 Å². The number of hydrogen-bond acceptors (Lipinski definition) is 2. The molecule has 0 fully saturated rings. The summed E-state index contributed by atoms with van der Waals surface area (Å²) in [7, 11) is 0. The number of aryl methyl sites for hydroxylation is 1. The summed E-state index contributed by atoms with van der Waals surface area (Å²) < 4.78 is 0. The minimum absolute atomic E-state index is 0.730. The summed E-state index contributed by atoms with van der Waals surface area (Å²) in [5.74, 6) is 0. The molecule has 0 saturated heterocycles. The van der Waals surface area contributed by atoms with Gasteiger partial charge < -0.3 is 10.6 Å². The van der Waals surface area contributed by atoms with Crippen LogP contribution in [0.5, 0.6) is 0 Å². The lowest BCUT2D eigenvalue weighted by Gasteiger charge is -2.07. The molecule has 1 heterocycles. The highest BCUT2D eigenvalue weighted by Crippen LogP contribution is 2.12. The van der Waals surface area contributed by atoms with Crippen LogP contribution in [0.2, 0.25) is 0 Å². The minimum atomic E-state index is 0.730. The molecule has 0 aliphatic rings. The van der Waals surface area contributed by atoms with Gasteiger partial charge in [0, 0.05) is 13.1 Å². The SMILES string of the molecule is CCNC(=S)NCc1cscc1C. The Morgan fingerprint density at radius 3 is 2.77 bits per heavy atom. The number of rotatable bonds is 3. The lowest BCUT2D eigenvalue weighted by molar-refractivity contribution is 0.853. The molecule has 0 amide bonds. The molecule has 1 aromatic heterocycles. The molecule has 0 aliphatic carbocycles. The zero-order valence-corrected chi connectivity index (χ0v) is 9.52. The van der Waals surface area contributed by atoms with E-state index in [1.165, 1.54) is 11.1 Å². The van der Waals surface area contributed by atoms with Crippen molar-refractivity contribution in [2.45, 2.75) is 20.4 Å². The smallest absolute Gasteiger partial charge is 0.166 e. The highest BCUT2D eigenvalue weighted by Gasteiger charge is 1.99. The summed E-state index contributed by atoms with van der Waals surface area (Å²) in [5.41, 5.74) is 2.65. The summed E-state index contributed by atoms with van der Waals surface area (Å²) in [4.78, 5) is 0. The van der Waals surface area contributed by atoms with Crippen LogP contribution >= 0.6 is 23.6 Å². The summed E-state index contributed by atoms with van der Waals surface area (Å²) in [6.07, 6.45) is 0. The van der Waals surface area contributed by atoms with Crippen molar-refractivity contribution in [2.24, 2.45) is 0 Å². The molecule has 0 saturated carbocycles. The third-order valence-corrected chi connectivity index (χ3v) is 2.94. The Balaban J connectivity index is 2.35. The average Bonchev–Trinajstić information content (AvgIpc) is 2.48. The Bertz CT molecular complexity index is 281. The van der Waals surface area contributed by atoms with Crippen LogP contribution in [-0.4, -0.2) is 11.7 Å². The first kappa shape index (κ1) is 10.5. The molecule has 13 heavy (non-hydrogen) atoms. The van der Waals surface area contributed by atoms with Gasteiger partial charge >= 0.3 is 0 Å². The molecular formula is C9H14N2S2. The van der Waals surface area contributed by atoms with Crippen molar-refractivity contribution in [2.75, 3.05) is 6.54 Å². The standard InChI is InChI=1S/C9H14N2S2/c1-3-10-9(12)11-4-8-6-13-5-7(8)2/h5-6H,3-4H2,1-2H3,(H2,10,11,12). The molecule has 0 aromatic carbocycles. The van der Waals surface area contributed by atoms with Gasteiger partial charge in [-0.1, -0.05) is 0 Å². The third-order valence-electron chi connectivity index (χ3n) is 1.74. The fourth-order valence-electron chi connectivity index (χ4n) is 0.966. The quantitative estimate of drug-likeness (QED) is 0.753. The van der Waals surface area contributed by atoms with E-state index in [0.29, 0.717) is 0 Å². The lowest BCUT2D eigenvalue weighted by atomic mass is 10.2. The number of thiocarbonyl (C=S) groups is 1. The molecule has 0 aliphatic heterocycles. The van der Waals surface area contributed by atoms with E-state index >= 15 is 0 Å². The first-order chi connectivity index (χ1) is 6.24. The largest absolute Gasteiger partial charge is 0.363 e. The first-order valence-corrected chi connectivity index (χ1v) is 5.62. The Kier molecular flexibility index (Phi) is 4.18. The predicted octanol–water partition coefficient (Wildman–Crippen LogP) is 2.04. The van der Waals surface area contributed by atoms with Gasteiger partial charge in [-0.25, -0.2) is 0 Å². The van der Waals surface area contributed by atoms with Crippen molar-refractivity contribution < 1.29 is 0 Å². The number of thiophene rings is 1. The van der Waals surface area contributed by atoms with Crippen LogP contribution in [0.15, 0.2) is 10.8 Å². The molecule has 0 bridgehead atoms. The van der Waals surface area contributed by atoms with Gasteiger partial charge in [0.1, 0.15) is 0 Å². The molecule has 0 atom stereocenters. The first-order valence-electron chi connectivity index (χ1n) is 4.27. The van der Waals surface area contributed by atoms with Crippen molar-refractivity contribution in [3.8, 4) is 0 Å². The normalized spacial score (nSPS) is 9.69. The van der Waals surface area contributed by atoms with Crippen LogP contribution in [-0.2, 0) is 6.54 Å². The molecule has 0 unspecified atom stereocenters. The Labute approximate surface area is 88.4 Å². The number of nitrogens with one attached hydrogen (secondary N) is 2. The molecule has 4 heteroatoms. The monoisotopic (exact) mass is 214 g/mol. The average molecular weight is 214 g/mol. The highest BCUT2D eigenvalue weighted by molar-refractivity contribution is 7.80. The van der Waals surface area contributed by atoms with Gasteiger partial charge in [-0.15, -0.1) is 0 Å². The number of hydrogen-bond donors (Lipinski definition) is 2. The van der Waals surface area contributed by atoms with Crippen LogP contribution in [0.4, 0.5) is 0 Å². The van der Waals surface area contributed by atoms with Crippen LogP contribution < -0.4 is 10.6 Å². The zero-order valence-electron chi connectivity index (χ0n) is 7.89. The van der Waals surface area contributed by atoms with Gasteiger partial charge in [0.25, 0.3) is 0 Å². The van der Waals surface area contributed by atoms with Crippen LogP contribution in [0.1, 0.15) is 18.1 Å². The van der Waals surface area contributed by atoms with Gasteiger partial charge in [-0.05, 0) is 48.0 Å². The third kappa shape index (κ3) is 3.32. The summed E-state index contributed by atoms with van der Waals surface area (Å²) in [5, 5.41) is 11.2. The molecule has 2 nitrogen and oxygen atoms in total. The van der Waals surface area contributed by atoms with E-state index in [9.17, 15) is 0 Å². The van der Waals surface area contributed by atoms with E-state index in [2.05, 4.69) is 28.3 Å². The molecule has 1 aromatic rings. The molecule has 0 radical (unpaired) electrons. The van der Waals surface area contributed by atoms with Crippen molar-refractivity contribution in [1.29, 1.82) is 0 Å². The van der Waals surface area contributed by atoms with Crippen LogP contribution in [0, 0.1) is 6.92 Å². The van der Waals surface area contributed by atoms with Crippen LogP contribution in [0.3, 0.4) is 0 Å². The zero-order chi connectivity index (χ0) is 9.68. The maximum atomic E-state index is 5.05. The summed E-state index contributed by atoms with van der Waals surface area (Å²) in [6.45, 7) is 5.84. The Hall–Kier alpha value is -0.610. The van der Waals surface area contributed by atoms with E-state index in [4.69, 9.17) is 12.2 Å². The summed E-state index contributed by atoms with van der Waals surface area (Å²) in [6, 6.07) is 0. The summed E-state index contributed by atoms with van der Waals surface area (Å²) >= 11 is 6.78. The van der Waals surface area contributed by atoms with E-state index < -0.39 is 0 Å². The van der Waals surface area contributed by atoms with Crippen molar-refractivity contribution in [3.05, 3.63) is 21.9 Å². The second-order valence-electron chi connectivity index (χ2n) is 2.79.